The lowest BCUT2D eigenvalue weighted by molar-refractivity contribution is -0.149. The first kappa shape index (κ1) is 25.1. The van der Waals surface area contributed by atoms with Crippen molar-refractivity contribution in [1.82, 2.24) is 0 Å². The molecule has 0 rings (SSSR count). The zero-order valence-corrected chi connectivity index (χ0v) is 17.5. The minimum absolute atomic E-state index is 0.000604. The third kappa shape index (κ3) is 19.4. The molecule has 0 saturated carbocycles. The summed E-state index contributed by atoms with van der Waals surface area (Å²) in [5.41, 5.74) is -0.000604. The van der Waals surface area contributed by atoms with E-state index in [0.29, 0.717) is 6.42 Å². The Morgan fingerprint density at radius 2 is 1.00 bits per heavy atom. The fraction of sp³-hybridized carbons (Fsp3) is 0.909. The predicted molar refractivity (Wildman–Crippen MR) is 108 cm³/mol. The van der Waals surface area contributed by atoms with Gasteiger partial charge in [0.25, 0.3) is 0 Å². The van der Waals surface area contributed by atoms with E-state index in [1.807, 2.05) is 0 Å². The van der Waals surface area contributed by atoms with Gasteiger partial charge in [0.1, 0.15) is 0 Å². The topological polar surface area (TPSA) is 63.6 Å². The molecule has 0 aliphatic carbocycles. The molecule has 26 heavy (non-hydrogen) atoms. The molecule has 4 nitrogen and oxygen atoms in total. The first-order chi connectivity index (χ1) is 12.3. The minimum atomic E-state index is -1.29. The SMILES string of the molecule is CC(C)(C)OCCCCCCCCCCCCCCCCC(=O)C(=O)O. The van der Waals surface area contributed by atoms with Crippen molar-refractivity contribution in [3.8, 4) is 0 Å². The van der Waals surface area contributed by atoms with Crippen molar-refractivity contribution in [2.45, 2.75) is 123 Å². The number of aliphatic carboxylic acids is 1. The zero-order valence-electron chi connectivity index (χ0n) is 17.5. The van der Waals surface area contributed by atoms with E-state index in [4.69, 9.17) is 9.84 Å². The normalized spacial score (nSPS) is 11.7. The molecule has 0 aromatic rings. The van der Waals surface area contributed by atoms with E-state index in [2.05, 4.69) is 20.8 Å². The van der Waals surface area contributed by atoms with Crippen LogP contribution in [0.3, 0.4) is 0 Å². The Morgan fingerprint density at radius 1 is 0.654 bits per heavy atom. The van der Waals surface area contributed by atoms with Crippen LogP contribution in [0, 0.1) is 0 Å². The molecule has 0 aliphatic heterocycles. The molecule has 0 radical (unpaired) electrons. The highest BCUT2D eigenvalue weighted by atomic mass is 16.5. The molecule has 0 fully saturated rings. The Kier molecular flexibility index (Phi) is 15.7. The Balaban J connectivity index is 3.11. The molecular formula is C22H42O4. The molecule has 154 valence electrons. The number of ketones is 1. The van der Waals surface area contributed by atoms with Gasteiger partial charge < -0.3 is 9.84 Å². The molecule has 0 amide bonds. The minimum Gasteiger partial charge on any atom is -0.476 e. The monoisotopic (exact) mass is 370 g/mol. The third-order valence-electron chi connectivity index (χ3n) is 4.57. The molecule has 0 saturated heterocycles. The van der Waals surface area contributed by atoms with Gasteiger partial charge in [0.05, 0.1) is 5.60 Å². The number of hydrogen-bond donors (Lipinski definition) is 1. The molecular weight excluding hydrogens is 328 g/mol. The molecule has 0 aliphatic rings. The van der Waals surface area contributed by atoms with Crippen LogP contribution < -0.4 is 0 Å². The number of ether oxygens (including phenoxy) is 1. The molecule has 0 spiro atoms. The summed E-state index contributed by atoms with van der Waals surface area (Å²) >= 11 is 0. The molecule has 0 bridgehead atoms. The summed E-state index contributed by atoms with van der Waals surface area (Å²) in [6.45, 7) is 7.21. The van der Waals surface area contributed by atoms with E-state index in [0.717, 1.165) is 19.4 Å². The lowest BCUT2D eigenvalue weighted by Gasteiger charge is -2.19. The van der Waals surface area contributed by atoms with Crippen LogP contribution in [0.25, 0.3) is 0 Å². The second-order valence-electron chi connectivity index (χ2n) is 8.39. The van der Waals surface area contributed by atoms with Gasteiger partial charge in [-0.2, -0.15) is 0 Å². The van der Waals surface area contributed by atoms with Crippen LogP contribution in [-0.2, 0) is 14.3 Å². The van der Waals surface area contributed by atoms with Gasteiger partial charge in [-0.1, -0.05) is 77.0 Å². The Bertz CT molecular complexity index is 358. The number of hydrogen-bond acceptors (Lipinski definition) is 3. The van der Waals surface area contributed by atoms with Gasteiger partial charge in [-0.25, -0.2) is 4.79 Å². The van der Waals surface area contributed by atoms with Crippen molar-refractivity contribution in [2.75, 3.05) is 6.61 Å². The van der Waals surface area contributed by atoms with Crippen LogP contribution in [-0.4, -0.2) is 29.1 Å². The van der Waals surface area contributed by atoms with Crippen LogP contribution in [0.5, 0.6) is 0 Å². The summed E-state index contributed by atoms with van der Waals surface area (Å²) in [6.07, 6.45) is 17.3. The predicted octanol–water partition coefficient (Wildman–Crippen LogP) is 6.31. The number of carbonyl (C=O) groups is 2. The number of carboxylic acids is 1. The largest absolute Gasteiger partial charge is 0.476 e. The van der Waals surface area contributed by atoms with Crippen molar-refractivity contribution in [3.05, 3.63) is 0 Å². The van der Waals surface area contributed by atoms with Gasteiger partial charge >= 0.3 is 5.97 Å². The van der Waals surface area contributed by atoms with Gasteiger partial charge in [0.15, 0.2) is 0 Å². The second kappa shape index (κ2) is 16.3. The first-order valence-corrected chi connectivity index (χ1v) is 10.7. The van der Waals surface area contributed by atoms with E-state index >= 15 is 0 Å². The van der Waals surface area contributed by atoms with Crippen LogP contribution in [0.2, 0.25) is 0 Å². The van der Waals surface area contributed by atoms with E-state index in [1.54, 1.807) is 0 Å². The standard InChI is InChI=1S/C22H42O4/c1-22(2,3)26-19-17-15-13-11-9-7-5-4-6-8-10-12-14-16-18-20(23)21(24)25/h4-19H2,1-3H3,(H,24,25). The van der Waals surface area contributed by atoms with Crippen LogP contribution in [0.1, 0.15) is 117 Å². The summed E-state index contributed by atoms with van der Waals surface area (Å²) in [5, 5.41) is 8.48. The molecule has 4 heteroatoms. The van der Waals surface area contributed by atoms with Gasteiger partial charge in [-0.05, 0) is 33.6 Å². The summed E-state index contributed by atoms with van der Waals surface area (Å²) in [7, 11) is 0. The molecule has 0 heterocycles. The van der Waals surface area contributed by atoms with Crippen molar-refractivity contribution in [1.29, 1.82) is 0 Å². The highest BCUT2D eigenvalue weighted by molar-refractivity contribution is 6.32. The maximum Gasteiger partial charge on any atom is 0.372 e. The molecule has 0 aromatic heterocycles. The van der Waals surface area contributed by atoms with E-state index < -0.39 is 11.8 Å². The van der Waals surface area contributed by atoms with E-state index in [9.17, 15) is 9.59 Å². The van der Waals surface area contributed by atoms with Crippen molar-refractivity contribution >= 4 is 11.8 Å². The Labute approximate surface area is 161 Å². The zero-order chi connectivity index (χ0) is 19.7. The number of carboxylic acid groups (broad SMARTS) is 1. The molecule has 0 unspecified atom stereocenters. The maximum atomic E-state index is 10.9. The van der Waals surface area contributed by atoms with E-state index in [1.165, 1.54) is 70.6 Å². The molecule has 1 N–H and O–H groups in total. The fourth-order valence-corrected chi connectivity index (χ4v) is 2.99. The van der Waals surface area contributed by atoms with Crippen LogP contribution >= 0.6 is 0 Å². The van der Waals surface area contributed by atoms with Crippen molar-refractivity contribution in [2.24, 2.45) is 0 Å². The smallest absolute Gasteiger partial charge is 0.372 e. The highest BCUT2D eigenvalue weighted by Gasteiger charge is 2.10. The van der Waals surface area contributed by atoms with Crippen molar-refractivity contribution in [3.63, 3.8) is 0 Å². The number of carbonyl (C=O) groups excluding carboxylic acids is 1. The Morgan fingerprint density at radius 3 is 1.35 bits per heavy atom. The summed E-state index contributed by atoms with van der Waals surface area (Å²) in [6, 6.07) is 0. The quantitative estimate of drug-likeness (QED) is 0.227. The van der Waals surface area contributed by atoms with E-state index in [-0.39, 0.29) is 12.0 Å². The second-order valence-corrected chi connectivity index (χ2v) is 8.39. The summed E-state index contributed by atoms with van der Waals surface area (Å²) < 4.78 is 5.72. The number of Topliss-reactive ketones (excluding diaryl/α,β-unsaturated/α-hetero) is 1. The fourth-order valence-electron chi connectivity index (χ4n) is 2.99. The van der Waals surface area contributed by atoms with Gasteiger partial charge in [0.2, 0.25) is 5.78 Å². The number of unbranched alkanes of at least 4 members (excludes halogenated alkanes) is 13. The summed E-state index contributed by atoms with van der Waals surface area (Å²) in [4.78, 5) is 21.3. The Hall–Kier alpha value is -0.900. The first-order valence-electron chi connectivity index (χ1n) is 10.7. The summed E-state index contributed by atoms with van der Waals surface area (Å²) in [5.74, 6) is -1.94. The number of rotatable bonds is 18. The average Bonchev–Trinajstić information content (AvgIpc) is 2.56. The van der Waals surface area contributed by atoms with Crippen molar-refractivity contribution < 1.29 is 19.4 Å². The van der Waals surface area contributed by atoms with Crippen LogP contribution in [0.4, 0.5) is 0 Å². The lowest BCUT2D eigenvalue weighted by atomic mass is 10.0. The highest BCUT2D eigenvalue weighted by Crippen LogP contribution is 2.14. The van der Waals surface area contributed by atoms with Gasteiger partial charge in [0, 0.05) is 13.0 Å². The van der Waals surface area contributed by atoms with Gasteiger partial charge in [-0.3, -0.25) is 4.79 Å². The van der Waals surface area contributed by atoms with Gasteiger partial charge in [-0.15, -0.1) is 0 Å². The lowest BCUT2D eigenvalue weighted by Crippen LogP contribution is -2.19. The molecule has 0 atom stereocenters. The maximum absolute atomic E-state index is 10.9. The average molecular weight is 371 g/mol. The third-order valence-corrected chi connectivity index (χ3v) is 4.57. The molecule has 0 aromatic carbocycles. The van der Waals surface area contributed by atoms with Crippen LogP contribution in [0.15, 0.2) is 0 Å².